The summed E-state index contributed by atoms with van der Waals surface area (Å²) in [6, 6.07) is 10.9. The first-order chi connectivity index (χ1) is 10.7. The standard InChI is InChI=1S/C17H21N3O2/c1-3-4-10-18-13-9-11-19-15(12-13)17(21)20-14-7-5-6-8-16(14)22-2/h5-9,11-12H,3-4,10H2,1-2H3,(H,18,19)(H,20,21). The number of para-hydroxylation sites is 2. The van der Waals surface area contributed by atoms with E-state index in [0.29, 0.717) is 17.1 Å². The number of anilines is 2. The average Bonchev–Trinajstić information content (AvgIpc) is 2.56. The van der Waals surface area contributed by atoms with E-state index in [1.807, 2.05) is 18.2 Å². The number of rotatable bonds is 7. The van der Waals surface area contributed by atoms with Crippen molar-refractivity contribution in [1.29, 1.82) is 0 Å². The Kier molecular flexibility index (Phi) is 5.77. The minimum absolute atomic E-state index is 0.261. The van der Waals surface area contributed by atoms with Crippen molar-refractivity contribution >= 4 is 17.3 Å². The monoisotopic (exact) mass is 299 g/mol. The second kappa shape index (κ2) is 8.02. The molecular weight excluding hydrogens is 278 g/mol. The van der Waals surface area contributed by atoms with E-state index in [1.54, 1.807) is 31.5 Å². The molecule has 2 aromatic rings. The van der Waals surface area contributed by atoms with Crippen LogP contribution in [-0.4, -0.2) is 24.5 Å². The second-order valence-electron chi connectivity index (χ2n) is 4.86. The van der Waals surface area contributed by atoms with Crippen LogP contribution in [0.5, 0.6) is 5.75 Å². The van der Waals surface area contributed by atoms with Crippen LogP contribution < -0.4 is 15.4 Å². The summed E-state index contributed by atoms with van der Waals surface area (Å²) in [5.74, 6) is 0.358. The first-order valence-electron chi connectivity index (χ1n) is 7.39. The van der Waals surface area contributed by atoms with E-state index in [1.165, 1.54) is 0 Å². The number of nitrogens with zero attached hydrogens (tertiary/aromatic N) is 1. The quantitative estimate of drug-likeness (QED) is 0.767. The molecule has 0 saturated carbocycles. The number of amides is 1. The summed E-state index contributed by atoms with van der Waals surface area (Å²) in [7, 11) is 1.57. The van der Waals surface area contributed by atoms with Gasteiger partial charge in [-0.3, -0.25) is 9.78 Å². The van der Waals surface area contributed by atoms with Gasteiger partial charge in [0, 0.05) is 18.4 Å². The molecule has 0 bridgehead atoms. The van der Waals surface area contributed by atoms with Crippen molar-refractivity contribution in [1.82, 2.24) is 4.98 Å². The maximum atomic E-state index is 12.3. The summed E-state index contributed by atoms with van der Waals surface area (Å²) in [5.41, 5.74) is 1.89. The summed E-state index contributed by atoms with van der Waals surface area (Å²) >= 11 is 0. The second-order valence-corrected chi connectivity index (χ2v) is 4.86. The van der Waals surface area contributed by atoms with Gasteiger partial charge in [-0.05, 0) is 30.7 Å². The molecule has 0 aliphatic rings. The number of methoxy groups -OCH3 is 1. The summed E-state index contributed by atoms with van der Waals surface area (Å²) in [5, 5.41) is 6.10. The molecular formula is C17H21N3O2. The highest BCUT2D eigenvalue weighted by Crippen LogP contribution is 2.23. The molecule has 1 aromatic carbocycles. The van der Waals surface area contributed by atoms with E-state index in [2.05, 4.69) is 22.5 Å². The van der Waals surface area contributed by atoms with Gasteiger partial charge in [0.1, 0.15) is 11.4 Å². The molecule has 1 aromatic heterocycles. The van der Waals surface area contributed by atoms with E-state index in [4.69, 9.17) is 4.74 Å². The molecule has 1 heterocycles. The molecule has 1 amide bonds. The molecule has 0 unspecified atom stereocenters. The van der Waals surface area contributed by atoms with E-state index in [0.717, 1.165) is 25.1 Å². The minimum atomic E-state index is -0.261. The molecule has 2 N–H and O–H groups in total. The first kappa shape index (κ1) is 15.8. The van der Waals surface area contributed by atoms with E-state index >= 15 is 0 Å². The molecule has 0 fully saturated rings. The third-order valence-electron chi connectivity index (χ3n) is 3.21. The van der Waals surface area contributed by atoms with Crippen LogP contribution in [0.1, 0.15) is 30.3 Å². The predicted octanol–water partition coefficient (Wildman–Crippen LogP) is 3.55. The summed E-state index contributed by atoms with van der Waals surface area (Å²) < 4.78 is 5.22. The number of nitrogens with one attached hydrogen (secondary N) is 2. The maximum absolute atomic E-state index is 12.3. The Balaban J connectivity index is 2.07. The molecule has 5 heteroatoms. The smallest absolute Gasteiger partial charge is 0.274 e. The molecule has 2 rings (SSSR count). The average molecular weight is 299 g/mol. The highest BCUT2D eigenvalue weighted by molar-refractivity contribution is 6.04. The number of unbranched alkanes of at least 4 members (excludes halogenated alkanes) is 1. The fraction of sp³-hybridized carbons (Fsp3) is 0.294. The maximum Gasteiger partial charge on any atom is 0.274 e. The summed E-state index contributed by atoms with van der Waals surface area (Å²) in [6.45, 7) is 3.02. The van der Waals surface area contributed by atoms with Crippen LogP contribution in [0.2, 0.25) is 0 Å². The van der Waals surface area contributed by atoms with Gasteiger partial charge in [-0.15, -0.1) is 0 Å². The lowest BCUT2D eigenvalue weighted by molar-refractivity contribution is 0.102. The highest BCUT2D eigenvalue weighted by Gasteiger charge is 2.11. The van der Waals surface area contributed by atoms with Gasteiger partial charge < -0.3 is 15.4 Å². The zero-order valence-corrected chi connectivity index (χ0v) is 12.9. The molecule has 0 aliphatic carbocycles. The van der Waals surface area contributed by atoms with E-state index in [9.17, 15) is 4.79 Å². The van der Waals surface area contributed by atoms with Crippen LogP contribution in [0.15, 0.2) is 42.6 Å². The lowest BCUT2D eigenvalue weighted by Gasteiger charge is -2.10. The third kappa shape index (κ3) is 4.22. The number of hydrogen-bond acceptors (Lipinski definition) is 4. The Bertz CT molecular complexity index is 629. The van der Waals surface area contributed by atoms with Crippen LogP contribution in [0.3, 0.4) is 0 Å². The van der Waals surface area contributed by atoms with Crippen molar-refractivity contribution in [2.24, 2.45) is 0 Å². The Morgan fingerprint density at radius 2 is 2.09 bits per heavy atom. The molecule has 0 saturated heterocycles. The van der Waals surface area contributed by atoms with Crippen LogP contribution in [0.4, 0.5) is 11.4 Å². The molecule has 0 spiro atoms. The molecule has 0 aliphatic heterocycles. The fourth-order valence-electron chi connectivity index (χ4n) is 2.01. The Morgan fingerprint density at radius 3 is 2.86 bits per heavy atom. The number of aromatic nitrogens is 1. The number of ether oxygens (including phenoxy) is 1. The Labute approximate surface area is 130 Å². The van der Waals surface area contributed by atoms with Crippen molar-refractivity contribution in [3.63, 3.8) is 0 Å². The Hall–Kier alpha value is -2.56. The number of carbonyl (C=O) groups excluding carboxylic acids is 1. The van der Waals surface area contributed by atoms with Gasteiger partial charge >= 0.3 is 0 Å². The van der Waals surface area contributed by atoms with Gasteiger partial charge in [-0.25, -0.2) is 0 Å². The van der Waals surface area contributed by atoms with Gasteiger partial charge in [-0.2, -0.15) is 0 Å². The minimum Gasteiger partial charge on any atom is -0.495 e. The SMILES string of the molecule is CCCCNc1ccnc(C(=O)Nc2ccccc2OC)c1. The lowest BCUT2D eigenvalue weighted by Crippen LogP contribution is -2.14. The van der Waals surface area contributed by atoms with Gasteiger partial charge in [0.2, 0.25) is 0 Å². The van der Waals surface area contributed by atoms with Crippen molar-refractivity contribution in [2.45, 2.75) is 19.8 Å². The Morgan fingerprint density at radius 1 is 1.27 bits per heavy atom. The van der Waals surface area contributed by atoms with Crippen molar-refractivity contribution in [3.8, 4) is 5.75 Å². The van der Waals surface area contributed by atoms with Crippen molar-refractivity contribution < 1.29 is 9.53 Å². The number of carbonyl (C=O) groups is 1. The van der Waals surface area contributed by atoms with E-state index in [-0.39, 0.29) is 5.91 Å². The lowest BCUT2D eigenvalue weighted by atomic mass is 10.2. The van der Waals surface area contributed by atoms with Crippen molar-refractivity contribution in [3.05, 3.63) is 48.3 Å². The molecule has 22 heavy (non-hydrogen) atoms. The van der Waals surface area contributed by atoms with Crippen molar-refractivity contribution in [2.75, 3.05) is 24.3 Å². The molecule has 5 nitrogen and oxygen atoms in total. The normalized spacial score (nSPS) is 10.1. The summed E-state index contributed by atoms with van der Waals surface area (Å²) in [6.07, 6.45) is 3.84. The van der Waals surface area contributed by atoms with E-state index < -0.39 is 0 Å². The number of benzene rings is 1. The van der Waals surface area contributed by atoms with Gasteiger partial charge in [-0.1, -0.05) is 25.5 Å². The largest absolute Gasteiger partial charge is 0.495 e. The van der Waals surface area contributed by atoms with Gasteiger partial charge in [0.05, 0.1) is 12.8 Å². The topological polar surface area (TPSA) is 63.2 Å². The number of hydrogen-bond donors (Lipinski definition) is 2. The van der Waals surface area contributed by atoms with Crippen LogP contribution in [-0.2, 0) is 0 Å². The fourth-order valence-corrected chi connectivity index (χ4v) is 2.01. The zero-order chi connectivity index (χ0) is 15.8. The molecule has 116 valence electrons. The highest BCUT2D eigenvalue weighted by atomic mass is 16.5. The van der Waals surface area contributed by atoms with Gasteiger partial charge in [0.15, 0.2) is 0 Å². The zero-order valence-electron chi connectivity index (χ0n) is 12.9. The van der Waals surface area contributed by atoms with Crippen LogP contribution >= 0.6 is 0 Å². The number of pyridine rings is 1. The van der Waals surface area contributed by atoms with Crippen LogP contribution in [0, 0.1) is 0 Å². The van der Waals surface area contributed by atoms with Gasteiger partial charge in [0.25, 0.3) is 5.91 Å². The summed E-state index contributed by atoms with van der Waals surface area (Å²) in [4.78, 5) is 16.4. The first-order valence-corrected chi connectivity index (χ1v) is 7.39. The van der Waals surface area contributed by atoms with Crippen LogP contribution in [0.25, 0.3) is 0 Å². The molecule has 0 radical (unpaired) electrons. The predicted molar refractivity (Wildman–Crippen MR) is 88.6 cm³/mol. The third-order valence-corrected chi connectivity index (χ3v) is 3.21. The molecule has 0 atom stereocenters.